The molecule has 1 unspecified atom stereocenters. The SMILES string of the molecule is CN(C)C(CN=C(N)N1CCCCC1)c1ccc(F)cc1. The minimum absolute atomic E-state index is 0.106. The van der Waals surface area contributed by atoms with Crippen LogP contribution in [0.25, 0.3) is 0 Å². The van der Waals surface area contributed by atoms with Gasteiger partial charge in [-0.05, 0) is 51.1 Å². The average molecular weight is 292 g/mol. The minimum atomic E-state index is -0.215. The molecular weight excluding hydrogens is 267 g/mol. The van der Waals surface area contributed by atoms with Gasteiger partial charge in [0.25, 0.3) is 0 Å². The van der Waals surface area contributed by atoms with Gasteiger partial charge in [-0.2, -0.15) is 0 Å². The highest BCUT2D eigenvalue weighted by Gasteiger charge is 2.16. The smallest absolute Gasteiger partial charge is 0.191 e. The molecular formula is C16H25FN4. The van der Waals surface area contributed by atoms with Gasteiger partial charge in [-0.3, -0.25) is 4.99 Å². The van der Waals surface area contributed by atoms with E-state index in [0.717, 1.165) is 18.7 Å². The second-order valence-corrected chi connectivity index (χ2v) is 5.78. The standard InChI is InChI=1S/C16H25FN4/c1-20(2)15(13-6-8-14(17)9-7-13)12-19-16(18)21-10-4-3-5-11-21/h6-9,15H,3-5,10-12H2,1-2H3,(H2,18,19). The fourth-order valence-electron chi connectivity index (χ4n) is 2.65. The van der Waals surface area contributed by atoms with E-state index in [1.165, 1.54) is 31.4 Å². The van der Waals surface area contributed by atoms with E-state index in [4.69, 9.17) is 5.73 Å². The van der Waals surface area contributed by atoms with Crippen LogP contribution < -0.4 is 5.73 Å². The number of nitrogens with zero attached hydrogens (tertiary/aromatic N) is 3. The number of hydrogen-bond acceptors (Lipinski definition) is 2. The Morgan fingerprint density at radius 3 is 2.43 bits per heavy atom. The van der Waals surface area contributed by atoms with E-state index in [2.05, 4.69) is 14.8 Å². The first kappa shape index (κ1) is 15.8. The first-order valence-corrected chi connectivity index (χ1v) is 7.54. The van der Waals surface area contributed by atoms with Gasteiger partial charge in [0.15, 0.2) is 5.96 Å². The van der Waals surface area contributed by atoms with E-state index in [1.54, 1.807) is 0 Å². The van der Waals surface area contributed by atoms with Gasteiger partial charge < -0.3 is 15.5 Å². The summed E-state index contributed by atoms with van der Waals surface area (Å²) in [6, 6.07) is 6.71. The largest absolute Gasteiger partial charge is 0.370 e. The Kier molecular flexibility index (Phi) is 5.56. The van der Waals surface area contributed by atoms with E-state index in [0.29, 0.717) is 12.5 Å². The Hall–Kier alpha value is -1.62. The molecule has 0 saturated carbocycles. The van der Waals surface area contributed by atoms with Crippen LogP contribution in [0.2, 0.25) is 0 Å². The highest BCUT2D eigenvalue weighted by Crippen LogP contribution is 2.19. The number of likely N-dealkylation sites (tertiary alicyclic amines) is 1. The predicted octanol–water partition coefficient (Wildman–Crippen LogP) is 2.23. The molecule has 2 rings (SSSR count). The van der Waals surface area contributed by atoms with Crippen LogP contribution in [0.4, 0.5) is 4.39 Å². The molecule has 21 heavy (non-hydrogen) atoms. The summed E-state index contributed by atoms with van der Waals surface area (Å²) in [7, 11) is 4.00. The Bertz CT molecular complexity index is 464. The highest BCUT2D eigenvalue weighted by molar-refractivity contribution is 5.78. The van der Waals surface area contributed by atoms with Gasteiger partial charge in [-0.15, -0.1) is 0 Å². The number of likely N-dealkylation sites (N-methyl/N-ethyl adjacent to an activating group) is 1. The molecule has 0 aliphatic carbocycles. The number of hydrogen-bond donors (Lipinski definition) is 1. The molecule has 0 radical (unpaired) electrons. The van der Waals surface area contributed by atoms with Crippen molar-refractivity contribution in [2.75, 3.05) is 33.7 Å². The van der Waals surface area contributed by atoms with Gasteiger partial charge in [0.05, 0.1) is 12.6 Å². The van der Waals surface area contributed by atoms with E-state index < -0.39 is 0 Å². The molecule has 2 N–H and O–H groups in total. The average Bonchev–Trinajstić information content (AvgIpc) is 2.49. The highest BCUT2D eigenvalue weighted by atomic mass is 19.1. The van der Waals surface area contributed by atoms with Crippen LogP contribution in [0.5, 0.6) is 0 Å². The number of aliphatic imine (C=N–C) groups is 1. The predicted molar refractivity (Wildman–Crippen MR) is 84.7 cm³/mol. The van der Waals surface area contributed by atoms with Gasteiger partial charge >= 0.3 is 0 Å². The third-order valence-corrected chi connectivity index (χ3v) is 3.98. The van der Waals surface area contributed by atoms with Crippen LogP contribution in [-0.4, -0.2) is 49.5 Å². The molecule has 0 bridgehead atoms. The van der Waals surface area contributed by atoms with Crippen LogP contribution in [-0.2, 0) is 0 Å². The second kappa shape index (κ2) is 7.41. The minimum Gasteiger partial charge on any atom is -0.370 e. The zero-order chi connectivity index (χ0) is 15.2. The van der Waals surface area contributed by atoms with Gasteiger partial charge in [-0.1, -0.05) is 12.1 Å². The molecule has 1 aliphatic heterocycles. The summed E-state index contributed by atoms with van der Waals surface area (Å²) in [6.07, 6.45) is 3.65. The number of nitrogens with two attached hydrogens (primary N) is 1. The summed E-state index contributed by atoms with van der Waals surface area (Å²) >= 11 is 0. The molecule has 0 aromatic heterocycles. The quantitative estimate of drug-likeness (QED) is 0.684. The van der Waals surface area contributed by atoms with Crippen LogP contribution in [0, 0.1) is 5.82 Å². The lowest BCUT2D eigenvalue weighted by molar-refractivity contribution is 0.301. The number of benzene rings is 1. The third kappa shape index (κ3) is 4.43. The van der Waals surface area contributed by atoms with Gasteiger partial charge in [0, 0.05) is 13.1 Å². The number of piperidine rings is 1. The van der Waals surface area contributed by atoms with Crippen molar-refractivity contribution in [3.05, 3.63) is 35.6 Å². The molecule has 116 valence electrons. The van der Waals surface area contributed by atoms with E-state index in [-0.39, 0.29) is 11.9 Å². The summed E-state index contributed by atoms with van der Waals surface area (Å²) in [5, 5.41) is 0. The monoisotopic (exact) mass is 292 g/mol. The third-order valence-electron chi connectivity index (χ3n) is 3.98. The lowest BCUT2D eigenvalue weighted by atomic mass is 10.1. The molecule has 1 saturated heterocycles. The van der Waals surface area contributed by atoms with Gasteiger partial charge in [0.1, 0.15) is 5.82 Å². The molecule has 1 heterocycles. The lowest BCUT2D eigenvalue weighted by Crippen LogP contribution is -2.41. The number of halogens is 1. The van der Waals surface area contributed by atoms with Crippen LogP contribution in [0.15, 0.2) is 29.3 Å². The molecule has 0 amide bonds. The van der Waals surface area contributed by atoms with Crippen LogP contribution in [0.3, 0.4) is 0 Å². The van der Waals surface area contributed by atoms with Gasteiger partial charge in [-0.25, -0.2) is 4.39 Å². The van der Waals surface area contributed by atoms with Crippen molar-refractivity contribution in [3.63, 3.8) is 0 Å². The maximum absolute atomic E-state index is 13.0. The molecule has 1 aromatic carbocycles. The Morgan fingerprint density at radius 2 is 1.86 bits per heavy atom. The lowest BCUT2D eigenvalue weighted by Gasteiger charge is -2.28. The van der Waals surface area contributed by atoms with Crippen molar-refractivity contribution < 1.29 is 4.39 Å². The van der Waals surface area contributed by atoms with Crippen molar-refractivity contribution in [3.8, 4) is 0 Å². The fraction of sp³-hybridized carbons (Fsp3) is 0.562. The molecule has 1 aromatic rings. The van der Waals surface area contributed by atoms with Crippen LogP contribution in [0.1, 0.15) is 30.9 Å². The molecule has 1 atom stereocenters. The zero-order valence-corrected chi connectivity index (χ0v) is 12.9. The number of guanidine groups is 1. The summed E-state index contributed by atoms with van der Waals surface area (Å²) in [5.74, 6) is 0.413. The van der Waals surface area contributed by atoms with Crippen LogP contribution >= 0.6 is 0 Å². The summed E-state index contributed by atoms with van der Waals surface area (Å²) in [6.45, 7) is 2.58. The fourth-order valence-corrected chi connectivity index (χ4v) is 2.65. The maximum atomic E-state index is 13.0. The second-order valence-electron chi connectivity index (χ2n) is 5.78. The number of rotatable bonds is 4. The van der Waals surface area contributed by atoms with Crippen molar-refractivity contribution in [1.82, 2.24) is 9.80 Å². The summed E-state index contributed by atoms with van der Waals surface area (Å²) < 4.78 is 13.0. The zero-order valence-electron chi connectivity index (χ0n) is 12.9. The first-order chi connectivity index (χ1) is 10.1. The summed E-state index contributed by atoms with van der Waals surface area (Å²) in [4.78, 5) is 8.79. The van der Waals surface area contributed by atoms with E-state index in [9.17, 15) is 4.39 Å². The Morgan fingerprint density at radius 1 is 1.24 bits per heavy atom. The molecule has 1 fully saturated rings. The molecule has 0 spiro atoms. The first-order valence-electron chi connectivity index (χ1n) is 7.54. The molecule has 4 nitrogen and oxygen atoms in total. The van der Waals surface area contributed by atoms with E-state index >= 15 is 0 Å². The Balaban J connectivity index is 2.04. The van der Waals surface area contributed by atoms with Crippen molar-refractivity contribution in [1.29, 1.82) is 0 Å². The normalized spacial score (nSPS) is 18.1. The maximum Gasteiger partial charge on any atom is 0.191 e. The molecule has 5 heteroatoms. The Labute approximate surface area is 126 Å². The van der Waals surface area contributed by atoms with Gasteiger partial charge in [0.2, 0.25) is 0 Å². The van der Waals surface area contributed by atoms with E-state index in [1.807, 2.05) is 26.2 Å². The van der Waals surface area contributed by atoms with Crippen molar-refractivity contribution >= 4 is 5.96 Å². The summed E-state index contributed by atoms with van der Waals surface area (Å²) in [5.41, 5.74) is 7.15. The molecule has 1 aliphatic rings. The topological polar surface area (TPSA) is 44.9 Å². The van der Waals surface area contributed by atoms with Crippen molar-refractivity contribution in [2.45, 2.75) is 25.3 Å². The van der Waals surface area contributed by atoms with Crippen molar-refractivity contribution in [2.24, 2.45) is 10.7 Å².